The second kappa shape index (κ2) is 5.55. The van der Waals surface area contributed by atoms with Crippen molar-refractivity contribution in [1.82, 2.24) is 0 Å². The molecule has 7 heteroatoms. The molecule has 3 unspecified atom stereocenters. The van der Waals surface area contributed by atoms with Crippen molar-refractivity contribution in [3.63, 3.8) is 0 Å². The van der Waals surface area contributed by atoms with Crippen LogP contribution in [0, 0.1) is 0 Å². The van der Waals surface area contributed by atoms with E-state index in [1.54, 1.807) is 0 Å². The number of methoxy groups -OCH3 is 1. The molecule has 0 aromatic rings. The van der Waals surface area contributed by atoms with Gasteiger partial charge in [-0.3, -0.25) is 4.79 Å². The maximum atomic E-state index is 10.6. The average Bonchev–Trinajstić information content (AvgIpc) is 2.22. The van der Waals surface area contributed by atoms with Crippen LogP contribution in [0.1, 0.15) is 6.92 Å². The fourth-order valence-corrected chi connectivity index (χ4v) is 1.51. The maximum absolute atomic E-state index is 10.6. The number of carbonyl (C=O) groups excluding carboxylic acids is 1. The van der Waals surface area contributed by atoms with Crippen LogP contribution in [0.4, 0.5) is 0 Å². The molecule has 0 aromatic carbocycles. The highest BCUT2D eigenvalue weighted by atomic mass is 16.7. The third-order valence-electron chi connectivity index (χ3n) is 2.39. The highest BCUT2D eigenvalue weighted by Crippen LogP contribution is 2.21. The third-order valence-corrected chi connectivity index (χ3v) is 2.39. The number of aliphatic hydroxyl groups is 3. The van der Waals surface area contributed by atoms with Crippen LogP contribution in [0.25, 0.3) is 0 Å². The standard InChI is InChI=1S/C9H16O7/c1-4(10)15-3-5-6(11)7(12)8(14-2)9(13)16-5/h5-9,11-13H,3H2,1-2H3/t5?,6-,7?,8?,9+/m0/s1. The van der Waals surface area contributed by atoms with Gasteiger partial charge in [0.15, 0.2) is 6.29 Å². The first-order valence-corrected chi connectivity index (χ1v) is 4.83. The Hall–Kier alpha value is -0.730. The highest BCUT2D eigenvalue weighted by molar-refractivity contribution is 5.65. The van der Waals surface area contributed by atoms with Crippen LogP contribution < -0.4 is 0 Å². The van der Waals surface area contributed by atoms with E-state index in [-0.39, 0.29) is 6.61 Å². The minimum atomic E-state index is -1.37. The number of aliphatic hydroxyl groups excluding tert-OH is 3. The van der Waals surface area contributed by atoms with Crippen molar-refractivity contribution < 1.29 is 34.3 Å². The predicted molar refractivity (Wildman–Crippen MR) is 50.3 cm³/mol. The molecule has 1 rings (SSSR count). The molecule has 3 N–H and O–H groups in total. The van der Waals surface area contributed by atoms with Gasteiger partial charge in [-0.2, -0.15) is 0 Å². The van der Waals surface area contributed by atoms with Gasteiger partial charge in [0.25, 0.3) is 0 Å². The Kier molecular flexibility index (Phi) is 4.63. The van der Waals surface area contributed by atoms with Crippen LogP contribution in [0.5, 0.6) is 0 Å². The average molecular weight is 236 g/mol. The zero-order valence-electron chi connectivity index (χ0n) is 9.07. The molecule has 0 aromatic heterocycles. The van der Waals surface area contributed by atoms with Crippen molar-refractivity contribution in [2.75, 3.05) is 13.7 Å². The van der Waals surface area contributed by atoms with Crippen LogP contribution in [-0.4, -0.2) is 65.7 Å². The zero-order chi connectivity index (χ0) is 12.3. The summed E-state index contributed by atoms with van der Waals surface area (Å²) in [5, 5.41) is 28.6. The van der Waals surface area contributed by atoms with E-state index in [1.165, 1.54) is 14.0 Å². The van der Waals surface area contributed by atoms with Gasteiger partial charge in [0.2, 0.25) is 0 Å². The monoisotopic (exact) mass is 236 g/mol. The minimum absolute atomic E-state index is 0.235. The molecule has 0 spiro atoms. The van der Waals surface area contributed by atoms with Gasteiger partial charge in [0.1, 0.15) is 31.0 Å². The lowest BCUT2D eigenvalue weighted by Gasteiger charge is -2.39. The van der Waals surface area contributed by atoms with Crippen molar-refractivity contribution in [2.45, 2.75) is 37.6 Å². The molecule has 1 heterocycles. The summed E-state index contributed by atoms with van der Waals surface area (Å²) < 4.78 is 14.4. The molecule has 0 amide bonds. The van der Waals surface area contributed by atoms with Crippen LogP contribution in [0.15, 0.2) is 0 Å². The topological polar surface area (TPSA) is 105 Å². The first-order chi connectivity index (χ1) is 7.47. The number of rotatable bonds is 3. The van der Waals surface area contributed by atoms with Crippen molar-refractivity contribution in [2.24, 2.45) is 0 Å². The van der Waals surface area contributed by atoms with E-state index < -0.39 is 36.7 Å². The SMILES string of the molecule is COC1C(O)[C@@H](O)C(COC(C)=O)O[C@H]1O. The number of hydrogen-bond donors (Lipinski definition) is 3. The van der Waals surface area contributed by atoms with Crippen molar-refractivity contribution >= 4 is 5.97 Å². The molecule has 0 bridgehead atoms. The first kappa shape index (κ1) is 13.3. The molecular formula is C9H16O7. The van der Waals surface area contributed by atoms with E-state index in [0.29, 0.717) is 0 Å². The number of hydrogen-bond acceptors (Lipinski definition) is 7. The fourth-order valence-electron chi connectivity index (χ4n) is 1.51. The van der Waals surface area contributed by atoms with Crippen molar-refractivity contribution in [3.05, 3.63) is 0 Å². The number of carbonyl (C=O) groups is 1. The largest absolute Gasteiger partial charge is 0.463 e. The molecule has 1 saturated heterocycles. The number of esters is 1. The summed E-state index contributed by atoms with van der Waals surface area (Å²) >= 11 is 0. The van der Waals surface area contributed by atoms with Gasteiger partial charge >= 0.3 is 5.97 Å². The lowest BCUT2D eigenvalue weighted by atomic mass is 9.99. The molecule has 1 aliphatic rings. The smallest absolute Gasteiger partial charge is 0.302 e. The quantitative estimate of drug-likeness (QED) is 0.487. The van der Waals surface area contributed by atoms with Gasteiger partial charge in [-0.25, -0.2) is 0 Å². The molecule has 16 heavy (non-hydrogen) atoms. The van der Waals surface area contributed by atoms with Crippen LogP contribution >= 0.6 is 0 Å². The fraction of sp³-hybridized carbons (Fsp3) is 0.889. The molecular weight excluding hydrogens is 220 g/mol. The van der Waals surface area contributed by atoms with Crippen molar-refractivity contribution in [1.29, 1.82) is 0 Å². The second-order valence-electron chi connectivity index (χ2n) is 3.55. The van der Waals surface area contributed by atoms with E-state index in [4.69, 9.17) is 9.47 Å². The molecule has 5 atom stereocenters. The third kappa shape index (κ3) is 2.89. The Balaban J connectivity index is 2.58. The molecule has 94 valence electrons. The summed E-state index contributed by atoms with van der Waals surface area (Å²) in [6.45, 7) is 0.973. The second-order valence-corrected chi connectivity index (χ2v) is 3.55. The van der Waals surface area contributed by atoms with E-state index in [0.717, 1.165) is 0 Å². The van der Waals surface area contributed by atoms with Gasteiger partial charge in [-0.1, -0.05) is 0 Å². The summed E-state index contributed by atoms with van der Waals surface area (Å²) in [5.74, 6) is -0.534. The normalized spacial score (nSPS) is 39.4. The summed E-state index contributed by atoms with van der Waals surface area (Å²) in [5.41, 5.74) is 0. The molecule has 0 aliphatic carbocycles. The Bertz CT molecular complexity index is 244. The maximum Gasteiger partial charge on any atom is 0.302 e. The van der Waals surface area contributed by atoms with Gasteiger partial charge in [-0.05, 0) is 0 Å². The van der Waals surface area contributed by atoms with E-state index in [1.807, 2.05) is 0 Å². The molecule has 1 fully saturated rings. The summed E-state index contributed by atoms with van der Waals surface area (Å²) in [7, 11) is 1.28. The Morgan fingerprint density at radius 1 is 1.31 bits per heavy atom. The first-order valence-electron chi connectivity index (χ1n) is 4.83. The summed E-state index contributed by atoms with van der Waals surface area (Å²) in [6.07, 6.45) is -5.95. The Morgan fingerprint density at radius 3 is 2.44 bits per heavy atom. The molecule has 0 radical (unpaired) electrons. The van der Waals surface area contributed by atoms with E-state index in [9.17, 15) is 20.1 Å². The van der Waals surface area contributed by atoms with Crippen LogP contribution in [0.3, 0.4) is 0 Å². The Morgan fingerprint density at radius 2 is 1.94 bits per heavy atom. The van der Waals surface area contributed by atoms with Gasteiger partial charge in [-0.15, -0.1) is 0 Å². The lowest BCUT2D eigenvalue weighted by Crippen LogP contribution is -2.59. The molecule has 1 aliphatic heterocycles. The van der Waals surface area contributed by atoms with Gasteiger partial charge < -0.3 is 29.5 Å². The molecule has 7 nitrogen and oxygen atoms in total. The summed E-state index contributed by atoms with van der Waals surface area (Å²) in [4.78, 5) is 10.6. The zero-order valence-corrected chi connectivity index (χ0v) is 9.07. The summed E-state index contributed by atoms with van der Waals surface area (Å²) in [6, 6.07) is 0. The minimum Gasteiger partial charge on any atom is -0.463 e. The van der Waals surface area contributed by atoms with Crippen LogP contribution in [0.2, 0.25) is 0 Å². The van der Waals surface area contributed by atoms with Gasteiger partial charge in [0, 0.05) is 14.0 Å². The van der Waals surface area contributed by atoms with Crippen LogP contribution in [-0.2, 0) is 19.0 Å². The lowest BCUT2D eigenvalue weighted by molar-refractivity contribution is -0.292. The highest BCUT2D eigenvalue weighted by Gasteiger charge is 2.44. The van der Waals surface area contributed by atoms with E-state index in [2.05, 4.69) is 4.74 Å². The van der Waals surface area contributed by atoms with Crippen molar-refractivity contribution in [3.8, 4) is 0 Å². The Labute approximate surface area is 92.5 Å². The molecule has 0 saturated carbocycles. The number of ether oxygens (including phenoxy) is 3. The van der Waals surface area contributed by atoms with Gasteiger partial charge in [0.05, 0.1) is 0 Å². The predicted octanol–water partition coefficient (Wildman–Crippen LogP) is -2.00. The van der Waals surface area contributed by atoms with E-state index >= 15 is 0 Å².